The minimum atomic E-state index is -0.298. The Kier molecular flexibility index (Phi) is 6.32. The van der Waals surface area contributed by atoms with E-state index in [-0.39, 0.29) is 23.8 Å². The first-order valence-electron chi connectivity index (χ1n) is 9.67. The van der Waals surface area contributed by atoms with Crippen LogP contribution in [0.15, 0.2) is 24.3 Å². The zero-order chi connectivity index (χ0) is 19.2. The Bertz CT molecular complexity index is 681. The number of carbonyl (C=O) groups excluding carboxylic acids is 3. The van der Waals surface area contributed by atoms with E-state index in [1.807, 2.05) is 24.3 Å². The van der Waals surface area contributed by atoms with Gasteiger partial charge in [-0.3, -0.25) is 9.59 Å². The number of likely N-dealkylation sites (tertiary alicyclic amines) is 1. The standard InChI is InChI=1S/C20H27N3O4/c1-2-27-20(26)22-12-9-16(10-13-22)19(25)21-14-15-5-7-17(8-6-15)23-11-3-4-18(23)24/h5-8,16H,2-4,9-14H2,1H3,(H,21,25). The van der Waals surface area contributed by atoms with Crippen LogP contribution in [0, 0.1) is 5.92 Å². The Morgan fingerprint density at radius 3 is 2.44 bits per heavy atom. The molecule has 1 N–H and O–H groups in total. The largest absolute Gasteiger partial charge is 0.450 e. The second-order valence-electron chi connectivity index (χ2n) is 6.99. The highest BCUT2D eigenvalue weighted by Gasteiger charge is 2.27. The number of hydrogen-bond acceptors (Lipinski definition) is 4. The number of carbonyl (C=O) groups is 3. The Balaban J connectivity index is 1.44. The first-order valence-corrected chi connectivity index (χ1v) is 9.67. The number of benzene rings is 1. The predicted octanol–water partition coefficient (Wildman–Crippen LogP) is 2.30. The van der Waals surface area contributed by atoms with Crippen molar-refractivity contribution in [3.8, 4) is 0 Å². The lowest BCUT2D eigenvalue weighted by molar-refractivity contribution is -0.126. The first-order chi connectivity index (χ1) is 13.1. The Hall–Kier alpha value is -2.57. The summed E-state index contributed by atoms with van der Waals surface area (Å²) in [6.45, 7) is 4.49. The molecule has 3 rings (SSSR count). The van der Waals surface area contributed by atoms with Gasteiger partial charge in [0.1, 0.15) is 0 Å². The fraction of sp³-hybridized carbons (Fsp3) is 0.550. The highest BCUT2D eigenvalue weighted by Crippen LogP contribution is 2.22. The summed E-state index contributed by atoms with van der Waals surface area (Å²) in [7, 11) is 0. The molecule has 27 heavy (non-hydrogen) atoms. The van der Waals surface area contributed by atoms with Crippen molar-refractivity contribution in [1.82, 2.24) is 10.2 Å². The molecule has 2 aliphatic heterocycles. The third kappa shape index (κ3) is 4.78. The van der Waals surface area contributed by atoms with Gasteiger partial charge >= 0.3 is 6.09 Å². The van der Waals surface area contributed by atoms with Gasteiger partial charge in [-0.05, 0) is 43.9 Å². The monoisotopic (exact) mass is 373 g/mol. The van der Waals surface area contributed by atoms with Crippen molar-refractivity contribution in [2.75, 3.05) is 31.1 Å². The van der Waals surface area contributed by atoms with Gasteiger partial charge < -0.3 is 19.9 Å². The second-order valence-corrected chi connectivity index (χ2v) is 6.99. The molecule has 2 heterocycles. The van der Waals surface area contributed by atoms with E-state index in [0.29, 0.717) is 45.5 Å². The number of nitrogens with one attached hydrogen (secondary N) is 1. The van der Waals surface area contributed by atoms with Gasteiger partial charge in [0, 0.05) is 44.2 Å². The van der Waals surface area contributed by atoms with Crippen LogP contribution in [0.3, 0.4) is 0 Å². The molecule has 1 aromatic rings. The molecule has 0 saturated carbocycles. The number of anilines is 1. The summed E-state index contributed by atoms with van der Waals surface area (Å²) in [6.07, 6.45) is 2.53. The van der Waals surface area contributed by atoms with E-state index < -0.39 is 0 Å². The van der Waals surface area contributed by atoms with Gasteiger partial charge in [0.15, 0.2) is 0 Å². The highest BCUT2D eigenvalue weighted by molar-refractivity contribution is 5.95. The lowest BCUT2D eigenvalue weighted by atomic mass is 9.96. The van der Waals surface area contributed by atoms with Crippen molar-refractivity contribution < 1.29 is 19.1 Å². The van der Waals surface area contributed by atoms with Crippen molar-refractivity contribution in [2.45, 2.75) is 39.2 Å². The van der Waals surface area contributed by atoms with Gasteiger partial charge in [-0.1, -0.05) is 12.1 Å². The molecule has 2 aliphatic rings. The molecule has 0 radical (unpaired) electrons. The zero-order valence-corrected chi connectivity index (χ0v) is 15.8. The maximum absolute atomic E-state index is 12.4. The molecule has 0 unspecified atom stereocenters. The van der Waals surface area contributed by atoms with E-state index in [4.69, 9.17) is 4.74 Å². The van der Waals surface area contributed by atoms with Crippen molar-refractivity contribution in [3.05, 3.63) is 29.8 Å². The van der Waals surface area contributed by atoms with Gasteiger partial charge in [-0.15, -0.1) is 0 Å². The third-order valence-electron chi connectivity index (χ3n) is 5.18. The molecule has 2 saturated heterocycles. The fourth-order valence-electron chi connectivity index (χ4n) is 3.59. The van der Waals surface area contributed by atoms with E-state index in [2.05, 4.69) is 5.32 Å². The third-order valence-corrected chi connectivity index (χ3v) is 5.18. The number of amides is 3. The molecular formula is C20H27N3O4. The molecule has 0 spiro atoms. The quantitative estimate of drug-likeness (QED) is 0.859. The highest BCUT2D eigenvalue weighted by atomic mass is 16.6. The lowest BCUT2D eigenvalue weighted by Crippen LogP contribution is -2.43. The fourth-order valence-corrected chi connectivity index (χ4v) is 3.59. The molecule has 7 heteroatoms. The summed E-state index contributed by atoms with van der Waals surface area (Å²) in [5.41, 5.74) is 1.92. The molecule has 0 bridgehead atoms. The normalized spacial score (nSPS) is 17.9. The van der Waals surface area contributed by atoms with Crippen molar-refractivity contribution in [2.24, 2.45) is 5.92 Å². The van der Waals surface area contributed by atoms with Crippen LogP contribution >= 0.6 is 0 Å². The van der Waals surface area contributed by atoms with E-state index in [9.17, 15) is 14.4 Å². The molecule has 0 aliphatic carbocycles. The molecule has 3 amide bonds. The van der Waals surface area contributed by atoms with Gasteiger partial charge in [0.05, 0.1) is 6.61 Å². The smallest absolute Gasteiger partial charge is 0.409 e. The molecule has 0 aromatic heterocycles. The summed E-state index contributed by atoms with van der Waals surface area (Å²) >= 11 is 0. The van der Waals surface area contributed by atoms with Crippen molar-refractivity contribution in [1.29, 1.82) is 0 Å². The number of piperidine rings is 1. The van der Waals surface area contributed by atoms with Crippen LogP contribution in [-0.2, 0) is 20.9 Å². The minimum absolute atomic E-state index is 0.0253. The van der Waals surface area contributed by atoms with Crippen molar-refractivity contribution in [3.63, 3.8) is 0 Å². The molecule has 7 nitrogen and oxygen atoms in total. The van der Waals surface area contributed by atoms with Crippen molar-refractivity contribution >= 4 is 23.6 Å². The maximum Gasteiger partial charge on any atom is 0.409 e. The number of rotatable bonds is 5. The molecular weight excluding hydrogens is 346 g/mol. The Morgan fingerprint density at radius 2 is 1.85 bits per heavy atom. The topological polar surface area (TPSA) is 79.0 Å². The van der Waals surface area contributed by atoms with Gasteiger partial charge in [0.2, 0.25) is 11.8 Å². The molecule has 146 valence electrons. The van der Waals surface area contributed by atoms with E-state index >= 15 is 0 Å². The SMILES string of the molecule is CCOC(=O)N1CCC(C(=O)NCc2ccc(N3CCCC3=O)cc2)CC1. The minimum Gasteiger partial charge on any atom is -0.450 e. The van der Waals surface area contributed by atoms with Gasteiger partial charge in [-0.25, -0.2) is 4.79 Å². The summed E-state index contributed by atoms with van der Waals surface area (Å²) in [5, 5.41) is 2.98. The summed E-state index contributed by atoms with van der Waals surface area (Å²) < 4.78 is 5.00. The van der Waals surface area contributed by atoms with Crippen LogP contribution in [-0.4, -0.2) is 49.0 Å². The average molecular weight is 373 g/mol. The maximum atomic E-state index is 12.4. The van der Waals surface area contributed by atoms with Gasteiger partial charge in [0.25, 0.3) is 0 Å². The Morgan fingerprint density at radius 1 is 1.15 bits per heavy atom. The molecule has 2 fully saturated rings. The molecule has 0 atom stereocenters. The summed E-state index contributed by atoms with van der Waals surface area (Å²) in [5.74, 6) is 0.125. The van der Waals surface area contributed by atoms with E-state index in [1.54, 1.807) is 16.7 Å². The van der Waals surface area contributed by atoms with Crippen LogP contribution in [0.25, 0.3) is 0 Å². The van der Waals surface area contributed by atoms with Crippen LogP contribution in [0.1, 0.15) is 38.2 Å². The van der Waals surface area contributed by atoms with Crippen LogP contribution in [0.5, 0.6) is 0 Å². The summed E-state index contributed by atoms with van der Waals surface area (Å²) in [4.78, 5) is 39.4. The van der Waals surface area contributed by atoms with Crippen LogP contribution in [0.4, 0.5) is 10.5 Å². The van der Waals surface area contributed by atoms with Gasteiger partial charge in [-0.2, -0.15) is 0 Å². The zero-order valence-electron chi connectivity index (χ0n) is 15.8. The van der Waals surface area contributed by atoms with Crippen LogP contribution < -0.4 is 10.2 Å². The molecule has 1 aromatic carbocycles. The second kappa shape index (κ2) is 8.88. The Labute approximate surface area is 159 Å². The lowest BCUT2D eigenvalue weighted by Gasteiger charge is -2.30. The van der Waals surface area contributed by atoms with E-state index in [1.165, 1.54) is 0 Å². The van der Waals surface area contributed by atoms with Crippen LogP contribution in [0.2, 0.25) is 0 Å². The summed E-state index contributed by atoms with van der Waals surface area (Å²) in [6, 6.07) is 7.76. The first kappa shape index (κ1) is 19.2. The van der Waals surface area contributed by atoms with E-state index in [0.717, 1.165) is 24.2 Å². The number of ether oxygens (including phenoxy) is 1. The number of nitrogens with zero attached hydrogens (tertiary/aromatic N) is 2. The predicted molar refractivity (Wildman–Crippen MR) is 101 cm³/mol. The number of hydrogen-bond donors (Lipinski definition) is 1. The average Bonchev–Trinajstić information content (AvgIpc) is 3.13.